The van der Waals surface area contributed by atoms with E-state index in [1.165, 1.54) is 5.56 Å². The zero-order valence-electron chi connectivity index (χ0n) is 17.1. The van der Waals surface area contributed by atoms with E-state index < -0.39 is 0 Å². The molecule has 0 aliphatic rings. The number of benzene rings is 3. The Labute approximate surface area is 177 Å². The minimum atomic E-state index is -0.297. The van der Waals surface area contributed by atoms with Crippen LogP contribution >= 0.6 is 0 Å². The molecule has 30 heavy (non-hydrogen) atoms. The lowest BCUT2D eigenvalue weighted by Gasteiger charge is -2.20. The Morgan fingerprint density at radius 3 is 2.47 bits per heavy atom. The van der Waals surface area contributed by atoms with Gasteiger partial charge in [0.1, 0.15) is 6.10 Å². The van der Waals surface area contributed by atoms with E-state index in [0.29, 0.717) is 12.2 Å². The molecule has 4 rings (SSSR count). The van der Waals surface area contributed by atoms with E-state index in [2.05, 4.69) is 60.4 Å². The molecule has 3 aromatic carbocycles. The third kappa shape index (κ3) is 4.17. The Morgan fingerprint density at radius 2 is 1.80 bits per heavy atom. The number of rotatable bonds is 6. The second-order valence-electron chi connectivity index (χ2n) is 7.39. The average molecular weight is 393 g/mol. The molecule has 0 saturated heterocycles. The van der Waals surface area contributed by atoms with E-state index in [1.54, 1.807) is 6.33 Å². The quantitative estimate of drug-likeness (QED) is 0.430. The fraction of sp³-hybridized carbons (Fsp3) is 0.154. The number of ether oxygens (including phenoxy) is 1. The van der Waals surface area contributed by atoms with Crippen LogP contribution in [0.25, 0.3) is 11.1 Å². The summed E-state index contributed by atoms with van der Waals surface area (Å²) in [6, 6.07) is 26.6. The molecule has 1 heterocycles. The fourth-order valence-electron chi connectivity index (χ4n) is 3.52. The van der Waals surface area contributed by atoms with Gasteiger partial charge in [-0.2, -0.15) is 5.26 Å². The number of hydrogen-bond acceptors (Lipinski definition) is 3. The highest BCUT2D eigenvalue weighted by Gasteiger charge is 2.20. The van der Waals surface area contributed by atoms with Crippen molar-refractivity contribution < 1.29 is 4.74 Å². The maximum absolute atomic E-state index is 9.65. The number of imidazole rings is 1. The number of hydrogen-bond donors (Lipinski definition) is 0. The normalized spacial score (nSPS) is 11.8. The van der Waals surface area contributed by atoms with Crippen molar-refractivity contribution in [2.24, 2.45) is 7.05 Å². The number of aromatic nitrogens is 2. The zero-order valence-corrected chi connectivity index (χ0v) is 17.1. The van der Waals surface area contributed by atoms with Gasteiger partial charge in [-0.05, 0) is 41.3 Å². The maximum atomic E-state index is 9.65. The van der Waals surface area contributed by atoms with Gasteiger partial charge in [0.2, 0.25) is 0 Å². The van der Waals surface area contributed by atoms with Crippen LogP contribution in [0.1, 0.15) is 34.1 Å². The second kappa shape index (κ2) is 8.77. The molecule has 0 bridgehead atoms. The Kier molecular flexibility index (Phi) is 5.74. The van der Waals surface area contributed by atoms with Crippen molar-refractivity contribution in [3.05, 3.63) is 113 Å². The lowest BCUT2D eigenvalue weighted by Crippen LogP contribution is -2.11. The van der Waals surface area contributed by atoms with E-state index in [4.69, 9.17) is 4.74 Å². The summed E-state index contributed by atoms with van der Waals surface area (Å²) in [5.41, 5.74) is 6.82. The Balaban J connectivity index is 1.75. The van der Waals surface area contributed by atoms with Crippen LogP contribution in [0.15, 0.2) is 85.3 Å². The van der Waals surface area contributed by atoms with Gasteiger partial charge in [0.25, 0.3) is 0 Å². The smallest absolute Gasteiger partial charge is 0.124 e. The SMILES string of the molecule is Cc1ccc(-c2cc(C(OCc3ccccc3)c3cncn3C)ccc2C#N)cc1. The van der Waals surface area contributed by atoms with Gasteiger partial charge in [0.05, 0.1) is 36.5 Å². The van der Waals surface area contributed by atoms with E-state index in [-0.39, 0.29) is 6.10 Å². The lowest BCUT2D eigenvalue weighted by molar-refractivity contribution is 0.0622. The van der Waals surface area contributed by atoms with Crippen molar-refractivity contribution >= 4 is 0 Å². The van der Waals surface area contributed by atoms with Crippen LogP contribution in [0.5, 0.6) is 0 Å². The van der Waals surface area contributed by atoms with Crippen LogP contribution in [0, 0.1) is 18.3 Å². The second-order valence-corrected chi connectivity index (χ2v) is 7.39. The van der Waals surface area contributed by atoms with Crippen molar-refractivity contribution in [1.82, 2.24) is 9.55 Å². The van der Waals surface area contributed by atoms with Crippen molar-refractivity contribution in [2.75, 3.05) is 0 Å². The fourth-order valence-corrected chi connectivity index (χ4v) is 3.52. The highest BCUT2D eigenvalue weighted by molar-refractivity contribution is 5.71. The molecule has 0 radical (unpaired) electrons. The lowest BCUT2D eigenvalue weighted by atomic mass is 9.94. The van der Waals surface area contributed by atoms with Gasteiger partial charge in [0, 0.05) is 7.05 Å². The molecular formula is C26H23N3O. The zero-order chi connectivity index (χ0) is 20.9. The first kappa shape index (κ1) is 19.6. The van der Waals surface area contributed by atoms with Crippen LogP contribution < -0.4 is 0 Å². The standard InChI is InChI=1S/C26H23N3O/c1-19-8-10-21(11-9-19)24-14-22(12-13-23(24)15-27)26(25-16-28-18-29(25)2)30-17-20-6-4-3-5-7-20/h3-14,16,18,26H,17H2,1-2H3. The minimum Gasteiger partial charge on any atom is -0.363 e. The van der Waals surface area contributed by atoms with Crippen LogP contribution in [-0.4, -0.2) is 9.55 Å². The summed E-state index contributed by atoms with van der Waals surface area (Å²) in [6.45, 7) is 2.54. The predicted octanol–water partition coefficient (Wildman–Crippen LogP) is 5.57. The third-order valence-corrected chi connectivity index (χ3v) is 5.21. The number of aryl methyl sites for hydroxylation is 2. The van der Waals surface area contributed by atoms with Crippen molar-refractivity contribution in [3.8, 4) is 17.2 Å². The Hall–Kier alpha value is -3.68. The Bertz CT molecular complexity index is 1170. The first-order valence-electron chi connectivity index (χ1n) is 9.88. The molecule has 148 valence electrons. The van der Waals surface area contributed by atoms with Gasteiger partial charge >= 0.3 is 0 Å². The molecule has 0 spiro atoms. The number of nitriles is 1. The summed E-state index contributed by atoms with van der Waals surface area (Å²) < 4.78 is 8.35. The summed E-state index contributed by atoms with van der Waals surface area (Å²) in [6.07, 6.45) is 3.31. The molecule has 1 aromatic heterocycles. The van der Waals surface area contributed by atoms with Gasteiger partial charge in [-0.1, -0.05) is 66.2 Å². The van der Waals surface area contributed by atoms with Gasteiger partial charge in [-0.3, -0.25) is 0 Å². The van der Waals surface area contributed by atoms with Gasteiger partial charge in [-0.25, -0.2) is 4.98 Å². The largest absolute Gasteiger partial charge is 0.363 e. The van der Waals surface area contributed by atoms with Crippen LogP contribution in [0.2, 0.25) is 0 Å². The maximum Gasteiger partial charge on any atom is 0.124 e. The van der Waals surface area contributed by atoms with Gasteiger partial charge in [-0.15, -0.1) is 0 Å². The molecule has 1 atom stereocenters. The molecule has 0 aliphatic carbocycles. The van der Waals surface area contributed by atoms with Crippen molar-refractivity contribution in [3.63, 3.8) is 0 Å². The third-order valence-electron chi connectivity index (χ3n) is 5.21. The van der Waals surface area contributed by atoms with E-state index >= 15 is 0 Å². The molecule has 4 aromatic rings. The van der Waals surface area contributed by atoms with Crippen molar-refractivity contribution in [1.29, 1.82) is 5.26 Å². The summed E-state index contributed by atoms with van der Waals surface area (Å²) in [5.74, 6) is 0. The average Bonchev–Trinajstić information content (AvgIpc) is 3.21. The number of nitrogens with zero attached hydrogens (tertiary/aromatic N) is 3. The predicted molar refractivity (Wildman–Crippen MR) is 118 cm³/mol. The Morgan fingerprint density at radius 1 is 1.03 bits per heavy atom. The first-order chi connectivity index (χ1) is 14.7. The molecule has 1 unspecified atom stereocenters. The highest BCUT2D eigenvalue weighted by Crippen LogP contribution is 2.32. The molecule has 4 heteroatoms. The van der Waals surface area contributed by atoms with Crippen LogP contribution in [0.4, 0.5) is 0 Å². The van der Waals surface area contributed by atoms with E-state index in [0.717, 1.165) is 27.9 Å². The van der Waals surface area contributed by atoms with E-state index in [9.17, 15) is 5.26 Å². The monoisotopic (exact) mass is 393 g/mol. The molecule has 4 nitrogen and oxygen atoms in total. The topological polar surface area (TPSA) is 50.8 Å². The molecule has 0 saturated carbocycles. The summed E-state index contributed by atoms with van der Waals surface area (Å²) >= 11 is 0. The molecule has 0 aliphatic heterocycles. The van der Waals surface area contributed by atoms with Crippen LogP contribution in [0.3, 0.4) is 0 Å². The minimum absolute atomic E-state index is 0.297. The summed E-state index contributed by atoms with van der Waals surface area (Å²) in [7, 11) is 1.96. The molecule has 0 fully saturated rings. The molecular weight excluding hydrogens is 370 g/mol. The van der Waals surface area contributed by atoms with Gasteiger partial charge in [0.15, 0.2) is 0 Å². The summed E-state index contributed by atoms with van der Waals surface area (Å²) in [4.78, 5) is 4.28. The first-order valence-corrected chi connectivity index (χ1v) is 9.88. The van der Waals surface area contributed by atoms with Crippen molar-refractivity contribution in [2.45, 2.75) is 19.6 Å². The molecule has 0 amide bonds. The summed E-state index contributed by atoms with van der Waals surface area (Å²) in [5, 5.41) is 9.65. The van der Waals surface area contributed by atoms with Gasteiger partial charge < -0.3 is 9.30 Å². The highest BCUT2D eigenvalue weighted by atomic mass is 16.5. The molecule has 0 N–H and O–H groups in total. The van der Waals surface area contributed by atoms with Crippen LogP contribution in [-0.2, 0) is 18.4 Å². The van der Waals surface area contributed by atoms with E-state index in [1.807, 2.05) is 48.1 Å².